The van der Waals surface area contributed by atoms with Gasteiger partial charge in [0.05, 0.1) is 6.61 Å². The molecule has 1 aliphatic rings. The van der Waals surface area contributed by atoms with Gasteiger partial charge in [0.2, 0.25) is 0 Å². The summed E-state index contributed by atoms with van der Waals surface area (Å²) in [4.78, 5) is 51.1. The standard InChI is InChI=1S/C67H100O12/c1-4-7-10-13-16-19-22-25-28-29-30-31-34-35-38-41-44-47-50-53-59(68)75-56-58(77-60(69)54-51-48-45-42-39-36-32-26-23-20-17-14-11-8-5-2)57-76-67-65(63(72)62(71)64(79-67)66(73)74)78-61(70)55-52-49-46-43-40-37-33-27-24-21-18-15-12-9-6-3/h7-12,16-21,25-28,30-33,35,38,40,43-44,47,58,62-65,67,71-72H,4-6,13-15,22-24,29,34,36-37,39,41-42,45-46,48-57H2,1-3H3,(H,73,74)/b10-7-,11-8-,12-9-,19-16-,20-17-,21-18-,28-25-,31-30-,32-26-,33-27-,38-35-,43-40-,47-44-. The fraction of sp³-hybridized carbons (Fsp3) is 0.552. The third-order valence-electron chi connectivity index (χ3n) is 12.1. The molecule has 12 nitrogen and oxygen atoms in total. The van der Waals surface area contributed by atoms with Gasteiger partial charge in [-0.05, 0) is 128 Å². The van der Waals surface area contributed by atoms with Gasteiger partial charge in [-0.3, -0.25) is 14.4 Å². The van der Waals surface area contributed by atoms with Gasteiger partial charge in [0.25, 0.3) is 0 Å². The first-order chi connectivity index (χ1) is 38.6. The summed E-state index contributed by atoms with van der Waals surface area (Å²) in [5.41, 5.74) is 0. The maximum absolute atomic E-state index is 13.1. The molecule has 1 saturated heterocycles. The van der Waals surface area contributed by atoms with E-state index in [0.29, 0.717) is 32.1 Å². The smallest absolute Gasteiger partial charge is 0.335 e. The molecule has 6 unspecified atom stereocenters. The number of carbonyl (C=O) groups excluding carboxylic acids is 3. The molecule has 0 aromatic carbocycles. The summed E-state index contributed by atoms with van der Waals surface area (Å²) >= 11 is 0. The number of hydrogen-bond acceptors (Lipinski definition) is 11. The largest absolute Gasteiger partial charge is 0.479 e. The number of rotatable bonds is 47. The van der Waals surface area contributed by atoms with Gasteiger partial charge in [-0.15, -0.1) is 0 Å². The first-order valence-electron chi connectivity index (χ1n) is 29.5. The molecule has 0 radical (unpaired) electrons. The molecule has 0 bridgehead atoms. The number of esters is 3. The zero-order valence-electron chi connectivity index (χ0n) is 48.3. The Balaban J connectivity index is 2.79. The van der Waals surface area contributed by atoms with Crippen molar-refractivity contribution in [1.29, 1.82) is 0 Å². The van der Waals surface area contributed by atoms with Crippen LogP contribution in [0.15, 0.2) is 158 Å². The molecule has 6 atom stereocenters. The summed E-state index contributed by atoms with van der Waals surface area (Å²) in [5, 5.41) is 31.5. The van der Waals surface area contributed by atoms with Crippen LogP contribution in [0.3, 0.4) is 0 Å². The fourth-order valence-electron chi connectivity index (χ4n) is 7.69. The molecule has 0 amide bonds. The van der Waals surface area contributed by atoms with E-state index < -0.39 is 67.3 Å². The number of carbonyl (C=O) groups is 4. The van der Waals surface area contributed by atoms with Crippen LogP contribution in [0.25, 0.3) is 0 Å². The number of allylic oxidation sites excluding steroid dienone is 26. The molecule has 1 rings (SSSR count). The maximum Gasteiger partial charge on any atom is 0.335 e. The van der Waals surface area contributed by atoms with E-state index in [4.69, 9.17) is 23.7 Å². The third kappa shape index (κ3) is 42.9. The van der Waals surface area contributed by atoms with Crippen LogP contribution >= 0.6 is 0 Å². The van der Waals surface area contributed by atoms with Gasteiger partial charge < -0.3 is 39.0 Å². The number of aliphatic hydroxyl groups excluding tert-OH is 2. The second-order valence-corrected chi connectivity index (χ2v) is 19.1. The number of carboxylic acid groups (broad SMARTS) is 1. The SMILES string of the molecule is CC/C=C\C/C=C\C/C=C\C/C=C\C/C=C\C/C=C\CCC(=O)OCC(COC1OC(C(=O)O)C(O)C(O)C1OC(=O)CCCC/C=C\C/C=C\C/C=C\C/C=C\CC)OC(=O)CCCCCCC/C=C\C/C=C\C/C=C\CC. The van der Waals surface area contributed by atoms with Crippen LogP contribution in [0.5, 0.6) is 0 Å². The highest BCUT2D eigenvalue weighted by atomic mass is 16.7. The lowest BCUT2D eigenvalue weighted by molar-refractivity contribution is -0.301. The molecule has 12 heteroatoms. The topological polar surface area (TPSA) is 175 Å². The van der Waals surface area contributed by atoms with Crippen LogP contribution < -0.4 is 0 Å². The van der Waals surface area contributed by atoms with E-state index in [1.54, 1.807) is 0 Å². The second kappa shape index (κ2) is 53.0. The van der Waals surface area contributed by atoms with E-state index in [0.717, 1.165) is 116 Å². The van der Waals surface area contributed by atoms with Gasteiger partial charge in [0.15, 0.2) is 24.6 Å². The Morgan fingerprint density at radius 2 is 0.785 bits per heavy atom. The minimum absolute atomic E-state index is 0.0107. The molecule has 0 aromatic rings. The average molecular weight is 1100 g/mol. The Morgan fingerprint density at radius 3 is 1.23 bits per heavy atom. The third-order valence-corrected chi connectivity index (χ3v) is 12.1. The van der Waals surface area contributed by atoms with Crippen LogP contribution in [0.1, 0.15) is 188 Å². The summed E-state index contributed by atoms with van der Waals surface area (Å²) in [6.07, 6.45) is 65.1. The Bertz CT molecular complexity index is 1980. The second-order valence-electron chi connectivity index (χ2n) is 19.1. The van der Waals surface area contributed by atoms with Crippen LogP contribution in [0.4, 0.5) is 0 Å². The number of hydrogen-bond donors (Lipinski definition) is 3. The summed E-state index contributed by atoms with van der Waals surface area (Å²) in [7, 11) is 0. The predicted octanol–water partition coefficient (Wildman–Crippen LogP) is 15.3. The minimum Gasteiger partial charge on any atom is -0.479 e. The summed E-state index contributed by atoms with van der Waals surface area (Å²) in [6.45, 7) is 5.53. The van der Waals surface area contributed by atoms with Crippen molar-refractivity contribution in [2.24, 2.45) is 0 Å². The Hall–Kier alpha value is -5.66. The molecule has 0 aromatic heterocycles. The summed E-state index contributed by atoms with van der Waals surface area (Å²) in [5.74, 6) is -3.34. The molecule has 1 aliphatic heterocycles. The number of aliphatic carboxylic acids is 1. The Morgan fingerprint density at radius 1 is 0.418 bits per heavy atom. The first-order valence-corrected chi connectivity index (χ1v) is 29.5. The molecule has 1 heterocycles. The summed E-state index contributed by atoms with van der Waals surface area (Å²) in [6, 6.07) is 0. The highest BCUT2D eigenvalue weighted by Crippen LogP contribution is 2.26. The van der Waals surface area contributed by atoms with Crippen molar-refractivity contribution < 1.29 is 58.2 Å². The van der Waals surface area contributed by atoms with E-state index in [1.165, 1.54) is 0 Å². The number of unbranched alkanes of at least 4 members (excludes halogenated alkanes) is 7. The predicted molar refractivity (Wildman–Crippen MR) is 321 cm³/mol. The molecular formula is C67H100O12. The van der Waals surface area contributed by atoms with Gasteiger partial charge in [0, 0.05) is 19.3 Å². The molecule has 1 fully saturated rings. The molecule has 0 saturated carbocycles. The van der Waals surface area contributed by atoms with E-state index >= 15 is 0 Å². The maximum atomic E-state index is 13.1. The van der Waals surface area contributed by atoms with Gasteiger partial charge in [-0.1, -0.05) is 198 Å². The lowest BCUT2D eigenvalue weighted by atomic mass is 9.98. The van der Waals surface area contributed by atoms with Gasteiger partial charge in [0.1, 0.15) is 18.8 Å². The van der Waals surface area contributed by atoms with E-state index in [1.807, 2.05) is 12.2 Å². The quantitative estimate of drug-likeness (QED) is 0.0228. The van der Waals surface area contributed by atoms with Gasteiger partial charge >= 0.3 is 23.9 Å². The van der Waals surface area contributed by atoms with E-state index in [9.17, 15) is 34.5 Å². The molecule has 3 N–H and O–H groups in total. The summed E-state index contributed by atoms with van der Waals surface area (Å²) < 4.78 is 28.3. The number of aliphatic hydroxyl groups is 2. The van der Waals surface area contributed by atoms with Crippen molar-refractivity contribution in [1.82, 2.24) is 0 Å². The van der Waals surface area contributed by atoms with Crippen LogP contribution in [0, 0.1) is 0 Å². The first kappa shape index (κ1) is 71.4. The lowest BCUT2D eigenvalue weighted by Gasteiger charge is -2.40. The Labute approximate surface area is 475 Å². The molecular weight excluding hydrogens is 997 g/mol. The highest BCUT2D eigenvalue weighted by molar-refractivity contribution is 5.74. The Kier molecular flexibility index (Phi) is 47.9. The van der Waals surface area contributed by atoms with E-state index in [2.05, 4.69) is 167 Å². The van der Waals surface area contributed by atoms with Crippen molar-refractivity contribution in [3.05, 3.63) is 158 Å². The van der Waals surface area contributed by atoms with Crippen molar-refractivity contribution in [2.75, 3.05) is 13.2 Å². The molecule has 79 heavy (non-hydrogen) atoms. The van der Waals surface area contributed by atoms with Gasteiger partial charge in [-0.25, -0.2) is 4.79 Å². The molecule has 440 valence electrons. The van der Waals surface area contributed by atoms with Crippen molar-refractivity contribution >= 4 is 23.9 Å². The van der Waals surface area contributed by atoms with Crippen molar-refractivity contribution in [3.63, 3.8) is 0 Å². The fourth-order valence-corrected chi connectivity index (χ4v) is 7.69. The van der Waals surface area contributed by atoms with Gasteiger partial charge in [-0.2, -0.15) is 0 Å². The van der Waals surface area contributed by atoms with Crippen LogP contribution in [-0.4, -0.2) is 89.2 Å². The number of ether oxygens (including phenoxy) is 5. The van der Waals surface area contributed by atoms with E-state index in [-0.39, 0.29) is 25.9 Å². The van der Waals surface area contributed by atoms with Crippen molar-refractivity contribution in [3.8, 4) is 0 Å². The normalized spacial score (nSPS) is 19.0. The minimum atomic E-state index is -1.94. The lowest BCUT2D eigenvalue weighted by Crippen LogP contribution is -2.61. The zero-order valence-corrected chi connectivity index (χ0v) is 48.3. The monoisotopic (exact) mass is 1100 g/mol. The van der Waals surface area contributed by atoms with Crippen LogP contribution in [-0.2, 0) is 42.9 Å². The van der Waals surface area contributed by atoms with Crippen molar-refractivity contribution in [2.45, 2.75) is 225 Å². The number of carboxylic acids is 1. The van der Waals surface area contributed by atoms with Crippen LogP contribution in [0.2, 0.25) is 0 Å². The zero-order chi connectivity index (χ0) is 57.5. The molecule has 0 aliphatic carbocycles. The highest BCUT2D eigenvalue weighted by Gasteiger charge is 2.50. The molecule has 0 spiro atoms. The average Bonchev–Trinajstić information content (AvgIpc) is 3.46.